The Balaban J connectivity index is 2.06. The topological polar surface area (TPSA) is 111 Å². The van der Waals surface area contributed by atoms with E-state index in [2.05, 4.69) is 20.9 Å². The highest BCUT2D eigenvalue weighted by molar-refractivity contribution is 9.11. The van der Waals surface area contributed by atoms with E-state index in [1.165, 1.54) is 21.8 Å². The Hall–Kier alpha value is -1.71. The Morgan fingerprint density at radius 1 is 1.56 bits per heavy atom. The molecule has 2 N–H and O–H groups in total. The van der Waals surface area contributed by atoms with Crippen molar-refractivity contribution in [2.75, 3.05) is 6.61 Å². The van der Waals surface area contributed by atoms with Crippen molar-refractivity contribution in [3.8, 4) is 0 Å². The average molecular weight is 417 g/mol. The highest BCUT2D eigenvalue weighted by Crippen LogP contribution is 2.28. The Labute approximate surface area is 152 Å². The van der Waals surface area contributed by atoms with E-state index in [4.69, 9.17) is 9.47 Å². The van der Waals surface area contributed by atoms with E-state index in [-0.39, 0.29) is 24.6 Å². The van der Waals surface area contributed by atoms with Crippen LogP contribution in [-0.2, 0) is 14.3 Å². The number of rotatable bonds is 7. The van der Waals surface area contributed by atoms with Crippen molar-refractivity contribution in [2.24, 2.45) is 0 Å². The lowest BCUT2D eigenvalue weighted by Crippen LogP contribution is -2.33. The van der Waals surface area contributed by atoms with Crippen LogP contribution in [0, 0.1) is 0 Å². The van der Waals surface area contributed by atoms with Gasteiger partial charge in [-0.05, 0) is 17.5 Å². The molecule has 0 radical (unpaired) electrons. The Kier molecular flexibility index (Phi) is 7.15. The Bertz CT molecular complexity index is 741. The van der Waals surface area contributed by atoms with Crippen LogP contribution in [0.3, 0.4) is 0 Å². The van der Waals surface area contributed by atoms with E-state index >= 15 is 0 Å². The van der Waals surface area contributed by atoms with Gasteiger partial charge in [-0.3, -0.25) is 19.1 Å². The van der Waals surface area contributed by atoms with Crippen molar-refractivity contribution in [1.29, 1.82) is 0 Å². The molecule has 0 aromatic carbocycles. The molecule has 1 aliphatic heterocycles. The molecule has 1 saturated heterocycles. The van der Waals surface area contributed by atoms with Crippen LogP contribution in [0.4, 0.5) is 0 Å². The zero-order valence-corrected chi connectivity index (χ0v) is 15.4. The highest BCUT2D eigenvalue weighted by Gasteiger charge is 2.36. The number of carbonyl (C=O) groups is 1. The third-order valence-electron chi connectivity index (χ3n) is 3.90. The zero-order chi connectivity index (χ0) is 18.4. The summed E-state index contributed by atoms with van der Waals surface area (Å²) in [6.45, 7) is 1.90. The van der Waals surface area contributed by atoms with E-state index in [1.54, 1.807) is 0 Å². The molecule has 3 atom stereocenters. The van der Waals surface area contributed by atoms with Crippen LogP contribution in [0.2, 0.25) is 0 Å². The quantitative estimate of drug-likeness (QED) is 0.647. The fourth-order valence-corrected chi connectivity index (χ4v) is 2.79. The van der Waals surface area contributed by atoms with E-state index in [9.17, 15) is 19.5 Å². The number of hydrogen-bond acceptors (Lipinski definition) is 6. The summed E-state index contributed by atoms with van der Waals surface area (Å²) in [5.41, 5.74) is -0.879. The molecule has 1 aromatic heterocycles. The van der Waals surface area contributed by atoms with Gasteiger partial charge in [0.1, 0.15) is 18.9 Å². The molecule has 0 amide bonds. The Morgan fingerprint density at radius 3 is 3.00 bits per heavy atom. The zero-order valence-electron chi connectivity index (χ0n) is 13.8. The second-order valence-electron chi connectivity index (χ2n) is 5.76. The molecule has 0 saturated carbocycles. The molecular formula is C16H21BrN2O6. The van der Waals surface area contributed by atoms with Gasteiger partial charge < -0.3 is 14.6 Å². The van der Waals surface area contributed by atoms with Crippen molar-refractivity contribution in [2.45, 2.75) is 51.0 Å². The van der Waals surface area contributed by atoms with Gasteiger partial charge >= 0.3 is 11.7 Å². The molecule has 0 unspecified atom stereocenters. The number of aliphatic hydroxyl groups is 1. The number of halogens is 1. The van der Waals surface area contributed by atoms with Gasteiger partial charge in [0.15, 0.2) is 0 Å². The summed E-state index contributed by atoms with van der Waals surface area (Å²) in [4.78, 5) is 39.0. The number of ether oxygens (including phenoxy) is 2. The van der Waals surface area contributed by atoms with Crippen LogP contribution >= 0.6 is 15.9 Å². The minimum absolute atomic E-state index is 0.0769. The molecule has 9 heteroatoms. The lowest BCUT2D eigenvalue weighted by atomic mass is 10.2. The number of aromatic nitrogens is 2. The van der Waals surface area contributed by atoms with E-state index in [1.807, 2.05) is 6.92 Å². The van der Waals surface area contributed by atoms with Crippen LogP contribution in [0.1, 0.15) is 44.4 Å². The summed E-state index contributed by atoms with van der Waals surface area (Å²) in [6.07, 6.45) is 2.62. The number of aliphatic hydroxyl groups excluding tert-OH is 1. The average Bonchev–Trinajstić information content (AvgIpc) is 2.94. The molecule has 1 fully saturated rings. The van der Waals surface area contributed by atoms with Crippen molar-refractivity contribution in [3.05, 3.63) is 37.6 Å². The number of esters is 1. The molecule has 2 rings (SSSR count). The first kappa shape index (κ1) is 19.6. The summed E-state index contributed by atoms with van der Waals surface area (Å²) in [7, 11) is 0. The van der Waals surface area contributed by atoms with Gasteiger partial charge in [0.05, 0.1) is 11.7 Å². The lowest BCUT2D eigenvalue weighted by molar-refractivity contribution is -0.150. The van der Waals surface area contributed by atoms with Gasteiger partial charge in [-0.15, -0.1) is 0 Å². The first-order valence-electron chi connectivity index (χ1n) is 8.07. The largest absolute Gasteiger partial charge is 0.463 e. The molecule has 8 nitrogen and oxygen atoms in total. The van der Waals surface area contributed by atoms with Crippen molar-refractivity contribution >= 4 is 28.0 Å². The fraction of sp³-hybridized carbons (Fsp3) is 0.562. The first-order valence-corrected chi connectivity index (χ1v) is 8.99. The number of carbonyl (C=O) groups excluding carboxylic acids is 1. The van der Waals surface area contributed by atoms with E-state index < -0.39 is 29.7 Å². The SMILES string of the molecule is CCCCC(=O)OC[C@H]1O[C@@H](n2cc(C=CBr)c(=O)[nH]c2=O)C[C@@H]1O. The monoisotopic (exact) mass is 416 g/mol. The molecule has 138 valence electrons. The van der Waals surface area contributed by atoms with Gasteiger partial charge in [0, 0.05) is 19.0 Å². The standard InChI is InChI=1S/C16H21BrN2O6/c1-2-3-4-14(21)24-9-12-11(20)7-13(25-12)19-8-10(5-6-17)15(22)18-16(19)23/h5-6,8,11-13,20H,2-4,7,9H2,1H3,(H,18,22,23)/t11-,12+,13+/m0/s1. The summed E-state index contributed by atoms with van der Waals surface area (Å²) in [6, 6.07) is 0. The Morgan fingerprint density at radius 2 is 2.32 bits per heavy atom. The number of nitrogens with zero attached hydrogens (tertiary/aromatic N) is 1. The molecule has 1 aromatic rings. The minimum Gasteiger partial charge on any atom is -0.463 e. The maximum absolute atomic E-state index is 12.0. The smallest absolute Gasteiger partial charge is 0.330 e. The lowest BCUT2D eigenvalue weighted by Gasteiger charge is -2.16. The predicted octanol–water partition coefficient (Wildman–Crippen LogP) is 1.28. The van der Waals surface area contributed by atoms with Gasteiger partial charge in [0.25, 0.3) is 5.56 Å². The molecule has 2 heterocycles. The third kappa shape index (κ3) is 5.13. The normalized spacial score (nSPS) is 23.2. The van der Waals surface area contributed by atoms with Gasteiger partial charge in [-0.2, -0.15) is 0 Å². The summed E-state index contributed by atoms with van der Waals surface area (Å²) < 4.78 is 12.0. The van der Waals surface area contributed by atoms with Crippen molar-refractivity contribution < 1.29 is 19.4 Å². The second kappa shape index (κ2) is 9.12. The van der Waals surface area contributed by atoms with Crippen LogP contribution in [0.25, 0.3) is 6.08 Å². The van der Waals surface area contributed by atoms with Crippen LogP contribution in [-0.4, -0.2) is 39.4 Å². The second-order valence-corrected chi connectivity index (χ2v) is 6.29. The van der Waals surface area contributed by atoms with E-state index in [0.717, 1.165) is 12.8 Å². The number of nitrogens with one attached hydrogen (secondary N) is 1. The van der Waals surface area contributed by atoms with Crippen LogP contribution < -0.4 is 11.2 Å². The van der Waals surface area contributed by atoms with Gasteiger partial charge in [0.2, 0.25) is 0 Å². The molecule has 1 aliphatic rings. The molecular weight excluding hydrogens is 396 g/mol. The molecule has 0 spiro atoms. The minimum atomic E-state index is -0.877. The maximum Gasteiger partial charge on any atom is 0.330 e. The van der Waals surface area contributed by atoms with Gasteiger partial charge in [-0.1, -0.05) is 29.3 Å². The highest BCUT2D eigenvalue weighted by atomic mass is 79.9. The van der Waals surface area contributed by atoms with E-state index in [0.29, 0.717) is 6.42 Å². The fourth-order valence-electron chi connectivity index (χ4n) is 2.51. The molecule has 0 bridgehead atoms. The third-order valence-corrected chi connectivity index (χ3v) is 4.16. The molecule has 0 aliphatic carbocycles. The predicted molar refractivity (Wildman–Crippen MR) is 94.3 cm³/mol. The summed E-state index contributed by atoms with van der Waals surface area (Å²) in [5, 5.41) is 10.1. The van der Waals surface area contributed by atoms with Crippen LogP contribution in [0.5, 0.6) is 0 Å². The summed E-state index contributed by atoms with van der Waals surface area (Å²) >= 11 is 3.08. The van der Waals surface area contributed by atoms with Gasteiger partial charge in [-0.25, -0.2) is 4.79 Å². The number of hydrogen-bond donors (Lipinski definition) is 2. The summed E-state index contributed by atoms with van der Waals surface area (Å²) in [5.74, 6) is -0.341. The van der Waals surface area contributed by atoms with Crippen LogP contribution in [0.15, 0.2) is 20.8 Å². The maximum atomic E-state index is 12.0. The number of unbranched alkanes of at least 4 members (excludes halogenated alkanes) is 1. The first-order chi connectivity index (χ1) is 12.0. The number of aromatic amines is 1. The van der Waals surface area contributed by atoms with Crippen molar-refractivity contribution in [3.63, 3.8) is 0 Å². The van der Waals surface area contributed by atoms with Crippen molar-refractivity contribution in [1.82, 2.24) is 9.55 Å². The number of H-pyrrole nitrogens is 1. The molecule has 25 heavy (non-hydrogen) atoms.